The fraction of sp³-hybridized carbons (Fsp3) is 0.143. The number of benzene rings is 2. The van der Waals surface area contributed by atoms with E-state index in [0.717, 1.165) is 21.6 Å². The summed E-state index contributed by atoms with van der Waals surface area (Å²) in [6, 6.07) is 10.4. The number of hydrogen-bond donors (Lipinski definition) is 0. The molecule has 0 aromatic heterocycles. The maximum atomic E-state index is 12.5. The second kappa shape index (κ2) is 4.28. The minimum atomic E-state index is -1.33. The van der Waals surface area contributed by atoms with Crippen molar-refractivity contribution >= 4 is 16.5 Å². The van der Waals surface area contributed by atoms with Crippen LogP contribution in [-0.4, -0.2) is 9.13 Å². The zero-order valence-corrected chi connectivity index (χ0v) is 11.1. The first-order valence-electron chi connectivity index (χ1n) is 5.85. The summed E-state index contributed by atoms with van der Waals surface area (Å²) in [5.41, 5.74) is 3.06. The molecule has 1 aliphatic rings. The van der Waals surface area contributed by atoms with Gasteiger partial charge in [0, 0.05) is 17.0 Å². The molecule has 0 saturated heterocycles. The van der Waals surface area contributed by atoms with Gasteiger partial charge in [0.1, 0.15) is 0 Å². The summed E-state index contributed by atoms with van der Waals surface area (Å²) in [6.07, 6.45) is 0.677. The lowest BCUT2D eigenvalue weighted by Gasteiger charge is -2.19. The summed E-state index contributed by atoms with van der Waals surface area (Å²) < 4.78 is 12.5. The Labute approximate surface area is 112 Å². The molecular formula is C14H11NO3S. The quantitative estimate of drug-likeness (QED) is 0.506. The zero-order chi connectivity index (χ0) is 13.6. The minimum Gasteiger partial charge on any atom is -0.258 e. The van der Waals surface area contributed by atoms with Crippen LogP contribution in [0.3, 0.4) is 0 Å². The maximum Gasteiger partial charge on any atom is 0.270 e. The van der Waals surface area contributed by atoms with Crippen LogP contribution in [0.5, 0.6) is 0 Å². The van der Waals surface area contributed by atoms with Crippen molar-refractivity contribution in [3.8, 4) is 0 Å². The lowest BCUT2D eigenvalue weighted by molar-refractivity contribution is -0.385. The van der Waals surface area contributed by atoms with Gasteiger partial charge in [-0.15, -0.1) is 0 Å². The van der Waals surface area contributed by atoms with Crippen LogP contribution in [-0.2, 0) is 17.2 Å². The molecule has 1 atom stereocenters. The number of fused-ring (bicyclic) bond motifs is 2. The second-order valence-electron chi connectivity index (χ2n) is 4.61. The summed E-state index contributed by atoms with van der Waals surface area (Å²) in [5.74, 6) is 0. The number of non-ortho nitro benzene ring substituents is 1. The summed E-state index contributed by atoms with van der Waals surface area (Å²) in [4.78, 5) is 11.7. The number of aryl methyl sites for hydroxylation is 1. The van der Waals surface area contributed by atoms with Crippen molar-refractivity contribution in [2.24, 2.45) is 0 Å². The van der Waals surface area contributed by atoms with E-state index in [1.165, 1.54) is 12.1 Å². The Hall–Kier alpha value is -2.01. The molecule has 2 aromatic rings. The first-order valence-corrected chi connectivity index (χ1v) is 7.00. The molecule has 1 unspecified atom stereocenters. The van der Waals surface area contributed by atoms with E-state index in [9.17, 15) is 14.3 Å². The topological polar surface area (TPSA) is 60.2 Å². The molecule has 0 N–H and O–H groups in total. The molecule has 0 fully saturated rings. The predicted octanol–water partition coefficient (Wildman–Crippen LogP) is 2.97. The Morgan fingerprint density at radius 3 is 2.63 bits per heavy atom. The molecule has 0 saturated carbocycles. The highest BCUT2D eigenvalue weighted by molar-refractivity contribution is 7.85. The van der Waals surface area contributed by atoms with Crippen LogP contribution < -0.4 is 0 Å². The first kappa shape index (κ1) is 12.0. The zero-order valence-electron chi connectivity index (χ0n) is 10.3. The van der Waals surface area contributed by atoms with Crippen LogP contribution in [0.25, 0.3) is 0 Å². The molecule has 1 heterocycles. The SMILES string of the molecule is Cc1ccc2c(c1)Cc1ccc([N+](=O)[O-])cc1S2=O. The predicted molar refractivity (Wildman–Crippen MR) is 71.8 cm³/mol. The van der Waals surface area contributed by atoms with Gasteiger partial charge in [0.15, 0.2) is 0 Å². The molecule has 2 aromatic carbocycles. The van der Waals surface area contributed by atoms with Crippen LogP contribution in [0.4, 0.5) is 5.69 Å². The smallest absolute Gasteiger partial charge is 0.258 e. The summed E-state index contributed by atoms with van der Waals surface area (Å²) in [5, 5.41) is 10.8. The van der Waals surface area contributed by atoms with Crippen LogP contribution in [0, 0.1) is 17.0 Å². The van der Waals surface area contributed by atoms with Crippen molar-refractivity contribution in [1.82, 2.24) is 0 Å². The van der Waals surface area contributed by atoms with Crippen molar-refractivity contribution < 1.29 is 9.13 Å². The Bertz CT molecular complexity index is 725. The largest absolute Gasteiger partial charge is 0.270 e. The van der Waals surface area contributed by atoms with Gasteiger partial charge in [-0.2, -0.15) is 0 Å². The molecule has 0 amide bonds. The van der Waals surface area contributed by atoms with Crippen LogP contribution in [0.2, 0.25) is 0 Å². The van der Waals surface area contributed by atoms with Crippen molar-refractivity contribution in [2.75, 3.05) is 0 Å². The van der Waals surface area contributed by atoms with Crippen molar-refractivity contribution in [3.05, 3.63) is 63.2 Å². The molecule has 0 bridgehead atoms. The number of nitro benzene ring substituents is 1. The third-order valence-corrected chi connectivity index (χ3v) is 4.84. The van der Waals surface area contributed by atoms with E-state index in [1.54, 1.807) is 6.07 Å². The Kier molecular flexibility index (Phi) is 2.71. The van der Waals surface area contributed by atoms with Crippen molar-refractivity contribution in [1.29, 1.82) is 0 Å². The maximum absolute atomic E-state index is 12.5. The summed E-state index contributed by atoms with van der Waals surface area (Å²) in [6.45, 7) is 1.99. The standard InChI is InChI=1S/C14H11NO3S/c1-9-2-5-13-11(6-9)7-10-3-4-12(15(16)17)8-14(10)19(13)18/h2-6,8H,7H2,1H3. The number of nitro groups is 1. The number of hydrogen-bond acceptors (Lipinski definition) is 3. The average molecular weight is 273 g/mol. The highest BCUT2D eigenvalue weighted by Gasteiger charge is 2.24. The van der Waals surface area contributed by atoms with Gasteiger partial charge in [0.05, 0.1) is 20.6 Å². The molecule has 19 heavy (non-hydrogen) atoms. The Balaban J connectivity index is 2.16. The van der Waals surface area contributed by atoms with Crippen molar-refractivity contribution in [3.63, 3.8) is 0 Å². The Morgan fingerprint density at radius 1 is 1.11 bits per heavy atom. The van der Waals surface area contributed by atoms with E-state index in [-0.39, 0.29) is 5.69 Å². The molecular weight excluding hydrogens is 262 g/mol. The summed E-state index contributed by atoms with van der Waals surface area (Å²) in [7, 11) is -1.33. The fourth-order valence-corrected chi connectivity index (χ4v) is 3.73. The lowest BCUT2D eigenvalue weighted by Crippen LogP contribution is -2.10. The van der Waals surface area contributed by atoms with Crippen LogP contribution in [0.15, 0.2) is 46.2 Å². The third kappa shape index (κ3) is 1.96. The van der Waals surface area contributed by atoms with Crippen molar-refractivity contribution in [2.45, 2.75) is 23.1 Å². The molecule has 3 rings (SSSR count). The van der Waals surface area contributed by atoms with Gasteiger partial charge >= 0.3 is 0 Å². The van der Waals surface area contributed by atoms with Gasteiger partial charge in [-0.05, 0) is 30.5 Å². The lowest BCUT2D eigenvalue weighted by atomic mass is 10.0. The molecule has 0 spiro atoms. The molecule has 5 heteroatoms. The fourth-order valence-electron chi connectivity index (χ4n) is 2.33. The van der Waals surface area contributed by atoms with E-state index < -0.39 is 15.7 Å². The highest BCUT2D eigenvalue weighted by atomic mass is 32.2. The highest BCUT2D eigenvalue weighted by Crippen LogP contribution is 2.33. The van der Waals surface area contributed by atoms with E-state index >= 15 is 0 Å². The van der Waals surface area contributed by atoms with Gasteiger partial charge in [-0.25, -0.2) is 4.21 Å². The normalized spacial score (nSPS) is 16.6. The van der Waals surface area contributed by atoms with E-state index in [2.05, 4.69) is 0 Å². The van der Waals surface area contributed by atoms with Gasteiger partial charge in [0.25, 0.3) is 5.69 Å². The van der Waals surface area contributed by atoms with Gasteiger partial charge < -0.3 is 0 Å². The van der Waals surface area contributed by atoms with E-state index in [0.29, 0.717) is 11.3 Å². The van der Waals surface area contributed by atoms with Crippen LogP contribution >= 0.6 is 0 Å². The van der Waals surface area contributed by atoms with Crippen LogP contribution in [0.1, 0.15) is 16.7 Å². The van der Waals surface area contributed by atoms with Gasteiger partial charge in [0.2, 0.25) is 0 Å². The minimum absolute atomic E-state index is 0.0114. The first-order chi connectivity index (χ1) is 9.06. The monoisotopic (exact) mass is 273 g/mol. The summed E-state index contributed by atoms with van der Waals surface area (Å²) >= 11 is 0. The molecule has 0 radical (unpaired) electrons. The molecule has 0 aliphatic carbocycles. The van der Waals surface area contributed by atoms with Gasteiger partial charge in [-0.3, -0.25) is 10.1 Å². The second-order valence-corrected chi connectivity index (χ2v) is 6.02. The van der Waals surface area contributed by atoms with E-state index in [1.807, 2.05) is 25.1 Å². The Morgan fingerprint density at radius 2 is 1.89 bits per heavy atom. The number of nitrogens with zero attached hydrogens (tertiary/aromatic N) is 1. The van der Waals surface area contributed by atoms with E-state index in [4.69, 9.17) is 0 Å². The number of rotatable bonds is 1. The van der Waals surface area contributed by atoms with Gasteiger partial charge in [-0.1, -0.05) is 23.8 Å². The average Bonchev–Trinajstić information content (AvgIpc) is 2.38. The molecule has 1 aliphatic heterocycles. The molecule has 4 nitrogen and oxygen atoms in total. The third-order valence-electron chi connectivity index (χ3n) is 3.26. The molecule has 96 valence electrons.